The molecular weight excluding hydrogens is 259 g/mol. The molecule has 2 N–H and O–H groups in total. The van der Waals surface area contributed by atoms with Crippen molar-refractivity contribution >= 4 is 22.4 Å². The average molecular weight is 269 g/mol. The fourth-order valence-corrected chi connectivity index (χ4v) is 1.75. The van der Waals surface area contributed by atoms with Crippen LogP contribution >= 0.6 is 11.3 Å². The van der Waals surface area contributed by atoms with E-state index in [1.54, 1.807) is 6.92 Å². The quantitative estimate of drug-likeness (QED) is 0.857. The summed E-state index contributed by atoms with van der Waals surface area (Å²) in [6.07, 6.45) is -3.66. The lowest BCUT2D eigenvalue weighted by Crippen LogP contribution is -2.28. The first-order valence-corrected chi connectivity index (χ1v) is 5.56. The van der Waals surface area contributed by atoms with Gasteiger partial charge >= 0.3 is 12.1 Å². The van der Waals surface area contributed by atoms with Gasteiger partial charge in [0.15, 0.2) is 0 Å². The average Bonchev–Trinajstić information content (AvgIpc) is 2.64. The second-order valence-electron chi connectivity index (χ2n) is 3.23. The van der Waals surface area contributed by atoms with Crippen molar-refractivity contribution < 1.29 is 23.1 Å². The molecule has 1 rings (SSSR count). The van der Waals surface area contributed by atoms with Crippen molar-refractivity contribution in [3.63, 3.8) is 0 Å². The van der Waals surface area contributed by atoms with Gasteiger partial charge < -0.3 is 10.4 Å². The molecule has 1 aromatic heterocycles. The van der Waals surface area contributed by atoms with Crippen molar-refractivity contribution in [2.24, 2.45) is 0 Å². The van der Waals surface area contributed by atoms with Gasteiger partial charge in [-0.15, -0.1) is 10.2 Å². The van der Waals surface area contributed by atoms with Gasteiger partial charge in [0.05, 0.1) is 0 Å². The van der Waals surface area contributed by atoms with Gasteiger partial charge in [-0.3, -0.25) is 0 Å². The molecule has 0 radical (unpaired) electrons. The van der Waals surface area contributed by atoms with E-state index in [2.05, 4.69) is 15.5 Å². The molecule has 1 atom stereocenters. The number of nitrogens with zero attached hydrogens (tertiary/aromatic N) is 2. The van der Waals surface area contributed by atoms with Crippen molar-refractivity contribution in [1.82, 2.24) is 10.2 Å². The zero-order valence-electron chi connectivity index (χ0n) is 8.78. The molecule has 1 unspecified atom stereocenters. The Balaban J connectivity index is 2.74. The largest absolute Gasteiger partial charge is 0.480 e. The summed E-state index contributed by atoms with van der Waals surface area (Å²) in [6.45, 7) is 1.78. The normalized spacial score (nSPS) is 13.4. The maximum absolute atomic E-state index is 12.2. The summed E-state index contributed by atoms with van der Waals surface area (Å²) < 4.78 is 36.6. The molecule has 0 saturated carbocycles. The van der Waals surface area contributed by atoms with E-state index in [1.165, 1.54) is 0 Å². The number of halogens is 3. The number of rotatable bonds is 5. The van der Waals surface area contributed by atoms with E-state index in [0.29, 0.717) is 12.8 Å². The summed E-state index contributed by atoms with van der Waals surface area (Å²) in [5.74, 6) is -1.13. The number of aromatic nitrogens is 2. The molecule has 0 aliphatic carbocycles. The Hall–Kier alpha value is -1.38. The minimum absolute atomic E-state index is 0.141. The summed E-state index contributed by atoms with van der Waals surface area (Å²) >= 11 is 0.290. The molecule has 9 heteroatoms. The first-order valence-electron chi connectivity index (χ1n) is 4.74. The molecule has 0 aliphatic rings. The van der Waals surface area contributed by atoms with Gasteiger partial charge in [-0.2, -0.15) is 13.2 Å². The minimum Gasteiger partial charge on any atom is -0.480 e. The summed E-state index contributed by atoms with van der Waals surface area (Å²) in [5.41, 5.74) is 0. The predicted octanol–water partition coefficient (Wildman–Crippen LogP) is 2.22. The molecular formula is C8H10F3N3O2S. The first kappa shape index (κ1) is 13.7. The van der Waals surface area contributed by atoms with Crippen LogP contribution in [0.3, 0.4) is 0 Å². The molecule has 0 aromatic carbocycles. The van der Waals surface area contributed by atoms with E-state index in [9.17, 15) is 18.0 Å². The van der Waals surface area contributed by atoms with E-state index in [0.717, 1.165) is 0 Å². The van der Waals surface area contributed by atoms with Crippen LogP contribution in [0.25, 0.3) is 0 Å². The molecule has 5 nitrogen and oxygen atoms in total. The maximum atomic E-state index is 12.2. The lowest BCUT2D eigenvalue weighted by molar-refractivity contribution is -0.139. The number of carboxylic acid groups (broad SMARTS) is 1. The van der Waals surface area contributed by atoms with E-state index in [-0.39, 0.29) is 16.5 Å². The highest BCUT2D eigenvalue weighted by molar-refractivity contribution is 7.15. The first-order chi connectivity index (χ1) is 7.84. The SMILES string of the molecule is CCCC(Nc1nnc(C(F)(F)F)s1)C(=O)O. The van der Waals surface area contributed by atoms with Crippen molar-refractivity contribution in [1.29, 1.82) is 0 Å². The summed E-state index contributed by atoms with van der Waals surface area (Å²) in [6, 6.07) is -0.950. The van der Waals surface area contributed by atoms with Crippen molar-refractivity contribution in [2.45, 2.75) is 32.0 Å². The van der Waals surface area contributed by atoms with Crippen molar-refractivity contribution in [2.75, 3.05) is 5.32 Å². The Bertz CT molecular complexity index is 394. The van der Waals surface area contributed by atoms with Crippen LogP contribution in [0.1, 0.15) is 24.8 Å². The van der Waals surface area contributed by atoms with Gasteiger partial charge in [-0.05, 0) is 6.42 Å². The van der Waals surface area contributed by atoms with Crippen molar-refractivity contribution in [3.8, 4) is 0 Å². The van der Waals surface area contributed by atoms with E-state index in [4.69, 9.17) is 5.11 Å². The molecule has 0 bridgehead atoms. The molecule has 17 heavy (non-hydrogen) atoms. The van der Waals surface area contributed by atoms with Crippen LogP contribution in [0, 0.1) is 0 Å². The molecule has 0 fully saturated rings. The van der Waals surface area contributed by atoms with Gasteiger partial charge in [0.1, 0.15) is 6.04 Å². The van der Waals surface area contributed by atoms with Crippen LogP contribution in [0.15, 0.2) is 0 Å². The zero-order chi connectivity index (χ0) is 13.1. The van der Waals surface area contributed by atoms with Crippen LogP contribution < -0.4 is 5.32 Å². The zero-order valence-corrected chi connectivity index (χ0v) is 9.60. The van der Waals surface area contributed by atoms with Gasteiger partial charge in [-0.1, -0.05) is 24.7 Å². The van der Waals surface area contributed by atoms with Crippen LogP contribution in [0.2, 0.25) is 0 Å². The standard InChI is InChI=1S/C8H10F3N3O2S/c1-2-3-4(5(15)16)12-7-14-13-6(17-7)8(9,10)11/h4H,2-3H2,1H3,(H,12,14)(H,15,16). The number of hydrogen-bond acceptors (Lipinski definition) is 5. The number of aliphatic carboxylic acids is 1. The second kappa shape index (κ2) is 5.30. The highest BCUT2D eigenvalue weighted by Gasteiger charge is 2.36. The highest BCUT2D eigenvalue weighted by Crippen LogP contribution is 2.33. The Kier molecular flexibility index (Phi) is 4.27. The molecule has 96 valence electrons. The monoisotopic (exact) mass is 269 g/mol. The third kappa shape index (κ3) is 3.84. The summed E-state index contributed by atoms with van der Waals surface area (Å²) in [5, 5.41) is 16.2. The van der Waals surface area contributed by atoms with Gasteiger partial charge in [0.25, 0.3) is 0 Å². The van der Waals surface area contributed by atoms with Crippen molar-refractivity contribution in [3.05, 3.63) is 5.01 Å². The highest BCUT2D eigenvalue weighted by atomic mass is 32.1. The lowest BCUT2D eigenvalue weighted by atomic mass is 10.2. The Morgan fingerprint density at radius 3 is 2.59 bits per heavy atom. The molecule has 1 heterocycles. The third-order valence-corrected chi connectivity index (χ3v) is 2.74. The molecule has 0 saturated heterocycles. The van der Waals surface area contributed by atoms with Crippen LogP contribution in [-0.4, -0.2) is 27.3 Å². The number of anilines is 1. The molecule has 0 amide bonds. The number of hydrogen-bond donors (Lipinski definition) is 2. The fourth-order valence-electron chi connectivity index (χ4n) is 1.09. The van der Waals surface area contributed by atoms with E-state index >= 15 is 0 Å². The topological polar surface area (TPSA) is 75.1 Å². The number of carboxylic acids is 1. The number of alkyl halides is 3. The molecule has 0 aliphatic heterocycles. The van der Waals surface area contributed by atoms with Crippen LogP contribution in [-0.2, 0) is 11.0 Å². The van der Waals surface area contributed by atoms with Gasteiger partial charge in [-0.25, -0.2) is 4.79 Å². The Labute approximate surface area is 98.7 Å². The second-order valence-corrected chi connectivity index (χ2v) is 4.21. The number of carbonyl (C=O) groups is 1. The summed E-state index contributed by atoms with van der Waals surface area (Å²) in [4.78, 5) is 10.8. The smallest absolute Gasteiger partial charge is 0.445 e. The van der Waals surface area contributed by atoms with Gasteiger partial charge in [0, 0.05) is 0 Å². The van der Waals surface area contributed by atoms with Crippen LogP contribution in [0.5, 0.6) is 0 Å². The Morgan fingerprint density at radius 2 is 2.18 bits per heavy atom. The maximum Gasteiger partial charge on any atom is 0.445 e. The van der Waals surface area contributed by atoms with Gasteiger partial charge in [0.2, 0.25) is 10.1 Å². The minimum atomic E-state index is -4.55. The Morgan fingerprint density at radius 1 is 1.53 bits per heavy atom. The fraction of sp³-hybridized carbons (Fsp3) is 0.625. The molecule has 0 spiro atoms. The lowest BCUT2D eigenvalue weighted by Gasteiger charge is -2.11. The third-order valence-electron chi connectivity index (χ3n) is 1.84. The predicted molar refractivity (Wildman–Crippen MR) is 54.9 cm³/mol. The number of nitrogens with one attached hydrogen (secondary N) is 1. The van der Waals surface area contributed by atoms with E-state index in [1.807, 2.05) is 0 Å². The molecule has 1 aromatic rings. The van der Waals surface area contributed by atoms with E-state index < -0.39 is 23.2 Å². The van der Waals surface area contributed by atoms with Crippen LogP contribution in [0.4, 0.5) is 18.3 Å². The summed E-state index contributed by atoms with van der Waals surface area (Å²) in [7, 11) is 0.